The fraction of sp³-hybridized carbons (Fsp3) is 0.200. The number of rotatable bonds is 5. The Kier molecular flexibility index (Phi) is 4.77. The van der Waals surface area contributed by atoms with E-state index in [4.69, 9.17) is 16.3 Å². The maximum atomic E-state index is 11.0. The van der Waals surface area contributed by atoms with E-state index in [0.717, 1.165) is 0 Å². The highest BCUT2D eigenvalue weighted by Crippen LogP contribution is 2.28. The summed E-state index contributed by atoms with van der Waals surface area (Å²) in [6, 6.07) is 11.5. The van der Waals surface area contributed by atoms with Gasteiger partial charge in [-0.15, -0.1) is 0 Å². The number of ether oxygens (including phenoxy) is 1. The van der Waals surface area contributed by atoms with Crippen LogP contribution in [0.15, 0.2) is 42.5 Å². The Balaban J connectivity index is 2.23. The second kappa shape index (κ2) is 6.56. The molecule has 0 spiro atoms. The van der Waals surface area contributed by atoms with Gasteiger partial charge in [0.25, 0.3) is 5.69 Å². The van der Waals surface area contributed by atoms with Gasteiger partial charge in [0.1, 0.15) is 12.4 Å². The monoisotopic (exact) mass is 307 g/mol. The Morgan fingerprint density at radius 2 is 2.05 bits per heavy atom. The number of hydrogen-bond acceptors (Lipinski definition) is 4. The summed E-state index contributed by atoms with van der Waals surface area (Å²) in [7, 11) is 0. The van der Waals surface area contributed by atoms with Crippen LogP contribution in [-0.4, -0.2) is 10.0 Å². The molecule has 2 aromatic carbocycles. The minimum Gasteiger partial charge on any atom is -0.488 e. The molecule has 0 saturated heterocycles. The van der Waals surface area contributed by atoms with Gasteiger partial charge in [-0.05, 0) is 25.1 Å². The van der Waals surface area contributed by atoms with Crippen LogP contribution in [0.2, 0.25) is 5.02 Å². The third-order valence-corrected chi connectivity index (χ3v) is 3.23. The van der Waals surface area contributed by atoms with Crippen LogP contribution in [0.4, 0.5) is 5.69 Å². The minimum atomic E-state index is -0.679. The molecule has 2 aromatic rings. The van der Waals surface area contributed by atoms with Crippen molar-refractivity contribution in [3.05, 3.63) is 68.7 Å². The molecule has 2 rings (SSSR count). The van der Waals surface area contributed by atoms with Crippen molar-refractivity contribution >= 4 is 17.3 Å². The van der Waals surface area contributed by atoms with Gasteiger partial charge in [0, 0.05) is 16.7 Å². The Bertz CT molecular complexity index is 658. The highest BCUT2D eigenvalue weighted by molar-refractivity contribution is 6.30. The third kappa shape index (κ3) is 3.71. The van der Waals surface area contributed by atoms with Gasteiger partial charge in [0.05, 0.1) is 16.6 Å². The first-order valence-corrected chi connectivity index (χ1v) is 6.69. The number of aliphatic hydroxyl groups is 1. The molecule has 0 aliphatic rings. The van der Waals surface area contributed by atoms with Crippen molar-refractivity contribution < 1.29 is 14.8 Å². The Morgan fingerprint density at radius 1 is 1.33 bits per heavy atom. The SMILES string of the molecule is CC(O)c1ccccc1OCc1ccc(Cl)cc1[N+](=O)[O-]. The highest BCUT2D eigenvalue weighted by atomic mass is 35.5. The van der Waals surface area contributed by atoms with E-state index in [-0.39, 0.29) is 12.3 Å². The quantitative estimate of drug-likeness (QED) is 0.672. The normalized spacial score (nSPS) is 12.0. The summed E-state index contributed by atoms with van der Waals surface area (Å²) in [5, 5.41) is 21.0. The summed E-state index contributed by atoms with van der Waals surface area (Å²) in [5.41, 5.74) is 0.968. The van der Waals surface area contributed by atoms with Crippen LogP contribution in [0, 0.1) is 10.1 Å². The molecule has 6 heteroatoms. The highest BCUT2D eigenvalue weighted by Gasteiger charge is 2.16. The lowest BCUT2D eigenvalue weighted by Gasteiger charge is -2.13. The molecular weight excluding hydrogens is 294 g/mol. The molecule has 0 amide bonds. The van der Waals surface area contributed by atoms with E-state index in [1.54, 1.807) is 43.3 Å². The molecule has 1 unspecified atom stereocenters. The molecule has 0 fully saturated rings. The zero-order valence-corrected chi connectivity index (χ0v) is 12.1. The molecule has 21 heavy (non-hydrogen) atoms. The van der Waals surface area contributed by atoms with Crippen LogP contribution in [0.5, 0.6) is 5.75 Å². The maximum absolute atomic E-state index is 11.0. The van der Waals surface area contributed by atoms with Gasteiger partial charge < -0.3 is 9.84 Å². The van der Waals surface area contributed by atoms with Crippen molar-refractivity contribution in [3.63, 3.8) is 0 Å². The molecule has 0 aliphatic carbocycles. The van der Waals surface area contributed by atoms with Crippen LogP contribution < -0.4 is 4.74 Å². The molecule has 5 nitrogen and oxygen atoms in total. The van der Waals surface area contributed by atoms with Crippen LogP contribution in [0.3, 0.4) is 0 Å². The largest absolute Gasteiger partial charge is 0.488 e. The lowest BCUT2D eigenvalue weighted by Crippen LogP contribution is -2.03. The fourth-order valence-electron chi connectivity index (χ4n) is 1.94. The van der Waals surface area contributed by atoms with Gasteiger partial charge in [0.15, 0.2) is 0 Å². The van der Waals surface area contributed by atoms with E-state index < -0.39 is 11.0 Å². The summed E-state index contributed by atoms with van der Waals surface area (Å²) < 4.78 is 5.61. The predicted molar refractivity (Wildman–Crippen MR) is 79.5 cm³/mol. The second-order valence-corrected chi connectivity index (χ2v) is 4.97. The van der Waals surface area contributed by atoms with Gasteiger partial charge in [-0.1, -0.05) is 29.8 Å². The summed E-state index contributed by atoms with van der Waals surface area (Å²) in [4.78, 5) is 10.5. The van der Waals surface area contributed by atoms with Crippen molar-refractivity contribution in [2.45, 2.75) is 19.6 Å². The number of para-hydroxylation sites is 1. The average Bonchev–Trinajstić information content (AvgIpc) is 2.46. The van der Waals surface area contributed by atoms with Gasteiger partial charge in [0.2, 0.25) is 0 Å². The lowest BCUT2D eigenvalue weighted by molar-refractivity contribution is -0.385. The van der Waals surface area contributed by atoms with Crippen molar-refractivity contribution in [1.82, 2.24) is 0 Å². The second-order valence-electron chi connectivity index (χ2n) is 4.53. The first-order valence-electron chi connectivity index (χ1n) is 6.31. The molecule has 110 valence electrons. The van der Waals surface area contributed by atoms with Crippen LogP contribution in [0.1, 0.15) is 24.2 Å². The molecule has 0 heterocycles. The lowest BCUT2D eigenvalue weighted by atomic mass is 10.1. The molecule has 0 radical (unpaired) electrons. The Morgan fingerprint density at radius 3 is 2.71 bits per heavy atom. The van der Waals surface area contributed by atoms with Gasteiger partial charge >= 0.3 is 0 Å². The van der Waals surface area contributed by atoms with Crippen molar-refractivity contribution in [2.24, 2.45) is 0 Å². The molecule has 1 atom stereocenters. The Labute approximate surface area is 126 Å². The van der Waals surface area contributed by atoms with Crippen molar-refractivity contribution in [1.29, 1.82) is 0 Å². The van der Waals surface area contributed by atoms with Gasteiger partial charge in [-0.2, -0.15) is 0 Å². The summed E-state index contributed by atoms with van der Waals surface area (Å²) in [6.07, 6.45) is -0.679. The van der Waals surface area contributed by atoms with E-state index in [0.29, 0.717) is 21.9 Å². The van der Waals surface area contributed by atoms with Crippen LogP contribution in [-0.2, 0) is 6.61 Å². The van der Waals surface area contributed by atoms with Crippen LogP contribution in [0.25, 0.3) is 0 Å². The number of hydrogen-bond donors (Lipinski definition) is 1. The smallest absolute Gasteiger partial charge is 0.277 e. The number of nitro groups is 1. The zero-order chi connectivity index (χ0) is 15.4. The van der Waals surface area contributed by atoms with E-state index >= 15 is 0 Å². The summed E-state index contributed by atoms with van der Waals surface area (Å²) >= 11 is 5.77. The first-order chi connectivity index (χ1) is 9.99. The average molecular weight is 308 g/mol. The molecule has 0 bridgehead atoms. The number of nitrogens with zero attached hydrogens (tertiary/aromatic N) is 1. The van der Waals surface area contributed by atoms with E-state index in [9.17, 15) is 15.2 Å². The molecule has 0 aliphatic heterocycles. The Hall–Kier alpha value is -2.11. The zero-order valence-electron chi connectivity index (χ0n) is 11.3. The third-order valence-electron chi connectivity index (χ3n) is 3.00. The molecule has 0 saturated carbocycles. The standard InChI is InChI=1S/C15H14ClNO4/c1-10(18)13-4-2-3-5-15(13)21-9-11-6-7-12(16)8-14(11)17(19)20/h2-8,10,18H,9H2,1H3. The van der Waals surface area contributed by atoms with E-state index in [1.807, 2.05) is 0 Å². The van der Waals surface area contributed by atoms with E-state index in [1.165, 1.54) is 6.07 Å². The van der Waals surface area contributed by atoms with Gasteiger partial charge in [-0.3, -0.25) is 10.1 Å². The van der Waals surface area contributed by atoms with E-state index in [2.05, 4.69) is 0 Å². The fourth-order valence-corrected chi connectivity index (χ4v) is 2.11. The predicted octanol–water partition coefficient (Wildman–Crippen LogP) is 3.88. The molecular formula is C15H14ClNO4. The molecule has 1 N–H and O–H groups in total. The summed E-state index contributed by atoms with van der Waals surface area (Å²) in [5.74, 6) is 0.497. The van der Waals surface area contributed by atoms with Crippen molar-refractivity contribution in [2.75, 3.05) is 0 Å². The number of aliphatic hydroxyl groups excluding tert-OH is 1. The topological polar surface area (TPSA) is 72.6 Å². The maximum Gasteiger partial charge on any atom is 0.277 e. The number of nitro benzene ring substituents is 1. The van der Waals surface area contributed by atoms with Crippen LogP contribution >= 0.6 is 11.6 Å². The number of halogens is 1. The van der Waals surface area contributed by atoms with Gasteiger partial charge in [-0.25, -0.2) is 0 Å². The molecule has 0 aromatic heterocycles. The minimum absolute atomic E-state index is 0.0250. The van der Waals surface area contributed by atoms with Crippen molar-refractivity contribution in [3.8, 4) is 5.75 Å². The number of benzene rings is 2. The summed E-state index contributed by atoms with van der Waals surface area (Å²) in [6.45, 7) is 1.66. The first kappa shape index (κ1) is 15.3.